The summed E-state index contributed by atoms with van der Waals surface area (Å²) in [5.74, 6) is 2.52. The molecule has 0 aromatic heterocycles. The number of hydrogen-bond donors (Lipinski definition) is 0. The fourth-order valence-electron chi connectivity index (χ4n) is 13.2. The third-order valence-corrected chi connectivity index (χ3v) is 22.0. The lowest BCUT2D eigenvalue weighted by Gasteiger charge is -2.30. The van der Waals surface area contributed by atoms with Crippen molar-refractivity contribution in [2.45, 2.75) is 320 Å². The van der Waals surface area contributed by atoms with Crippen LogP contribution in [0.1, 0.15) is 349 Å². The van der Waals surface area contributed by atoms with Crippen LogP contribution < -0.4 is 28.4 Å². The fraction of sp³-hybridized carbons (Fsp3) is 0.588. The van der Waals surface area contributed by atoms with Gasteiger partial charge in [0.25, 0.3) is 0 Å². The topological polar surface area (TPSA) is 158 Å². The molecule has 12 nitrogen and oxygen atoms in total. The molecule has 0 spiro atoms. The van der Waals surface area contributed by atoms with Gasteiger partial charge in [0.15, 0.2) is 34.7 Å². The number of ether oxygens (including phenoxy) is 6. The van der Waals surface area contributed by atoms with Crippen molar-refractivity contribution in [3.8, 4) is 34.5 Å². The SMILES string of the molecule is CC(C)(C)C(=O)COc1c2cc(C(C)(C)C)cc1Cc1cc(C(C)(C)C)cc(c1OCC(=O)C(C)(C)C)Cc1cc(C(C)(C)C)cc(c1OCC(=O)C(C)(C)C)Cc1cc(C(C)(C)C)cc(c1OCC(=O)C(C)(C)C)Cc1cc(C(C)(C)C)cc(c1OCC(=O)C(C)(C)C)Cc1cc(C(C)(C)C)cc(c1OCC(=O)C(C)(C)C)C2. The van der Waals surface area contributed by atoms with Gasteiger partial charge < -0.3 is 28.4 Å². The van der Waals surface area contributed by atoms with Gasteiger partial charge in [-0.1, -0.05) is 322 Å². The molecule has 0 fully saturated rings. The average molecular weight is 1560 g/mol. The third-order valence-electron chi connectivity index (χ3n) is 22.0. The van der Waals surface area contributed by atoms with Gasteiger partial charge >= 0.3 is 0 Å². The van der Waals surface area contributed by atoms with E-state index in [0.717, 1.165) is 100 Å². The molecule has 0 atom stereocenters. The van der Waals surface area contributed by atoms with Crippen molar-refractivity contribution in [1.82, 2.24) is 0 Å². The Morgan fingerprint density at radius 2 is 0.272 bits per heavy atom. The highest BCUT2D eigenvalue weighted by Gasteiger charge is 2.36. The summed E-state index contributed by atoms with van der Waals surface area (Å²) in [4.78, 5) is 87.7. The van der Waals surface area contributed by atoms with E-state index >= 15 is 0 Å². The van der Waals surface area contributed by atoms with Crippen LogP contribution in [0.4, 0.5) is 0 Å². The molecule has 12 heteroatoms. The number of carbonyl (C=O) groups is 6. The molecular weight excluding hydrogens is 1420 g/mol. The number of Topliss-reactive ketones (excluding diaryl/α,β-unsaturated/α-hetero) is 6. The Kier molecular flexibility index (Phi) is 27.5. The standard InChI is InChI=1S/C102H144O12/c1-91(2,3)73-43-61-37-63-45-74(92(4,5)6)47-65(86(63)110-56-80(104)98(22,23)24)39-67-49-76(94(10,11)12)51-69(88(67)112-58-82(106)100(28,29)30)41-71-53-78(96(16,17)18)54-72(90(71)114-60-84(108)102(34,35)36)42-70-52-77(95(13,14)15)50-68(89(70)113-59-83(107)101(31,32)33)40-66-48-75(93(7,8)9)46-64(87(66)111-57-81(105)99(25,26)27)38-62(44-73)85(61)109-55-79(103)97(19,20)21/h43-54H,37-42,55-60H2,1-36H3. The summed E-state index contributed by atoms with van der Waals surface area (Å²) in [6, 6.07) is 26.4. The summed E-state index contributed by atoms with van der Waals surface area (Å²) in [6.45, 7) is 72.3. The number of fused-ring (bicyclic) bond motifs is 12. The first kappa shape index (κ1) is 93.3. The zero-order valence-corrected chi connectivity index (χ0v) is 77.3. The molecule has 0 aliphatic heterocycles. The highest BCUT2D eigenvalue weighted by molar-refractivity contribution is 5.88. The maximum absolute atomic E-state index is 14.6. The maximum Gasteiger partial charge on any atom is 0.175 e. The van der Waals surface area contributed by atoms with Crippen molar-refractivity contribution in [3.05, 3.63) is 173 Å². The minimum atomic E-state index is -0.766. The molecule has 1 aliphatic carbocycles. The Morgan fingerprint density at radius 3 is 0.342 bits per heavy atom. The van der Waals surface area contributed by atoms with Crippen LogP contribution in [0, 0.1) is 32.5 Å². The second-order valence-electron chi connectivity index (χ2n) is 45.1. The summed E-state index contributed by atoms with van der Waals surface area (Å²) < 4.78 is 43.5. The molecule has 6 aromatic carbocycles. The van der Waals surface area contributed by atoms with Crippen LogP contribution in [-0.4, -0.2) is 74.3 Å². The highest BCUT2D eigenvalue weighted by atomic mass is 16.5. The van der Waals surface area contributed by atoms with E-state index in [1.54, 1.807) is 0 Å². The van der Waals surface area contributed by atoms with Crippen molar-refractivity contribution in [1.29, 1.82) is 0 Å². The summed E-state index contributed by atoms with van der Waals surface area (Å²) in [5.41, 5.74) is 8.15. The zero-order chi connectivity index (χ0) is 86.5. The van der Waals surface area contributed by atoms with Gasteiger partial charge in [-0.25, -0.2) is 0 Å². The Labute approximate surface area is 687 Å². The minimum Gasteiger partial charge on any atom is -0.485 e. The second-order valence-corrected chi connectivity index (χ2v) is 45.1. The molecule has 0 unspecified atom stereocenters. The molecule has 0 saturated heterocycles. The van der Waals surface area contributed by atoms with Gasteiger partial charge in [-0.05, 0) is 133 Å². The van der Waals surface area contributed by atoms with Crippen LogP contribution in [0.3, 0.4) is 0 Å². The highest BCUT2D eigenvalue weighted by Crippen LogP contribution is 2.48. The van der Waals surface area contributed by atoms with Gasteiger partial charge in [-0.15, -0.1) is 0 Å². The maximum atomic E-state index is 14.6. The number of carbonyl (C=O) groups excluding carboxylic acids is 6. The van der Waals surface area contributed by atoms with Crippen molar-refractivity contribution in [2.75, 3.05) is 39.6 Å². The van der Waals surface area contributed by atoms with Crippen molar-refractivity contribution >= 4 is 34.7 Å². The average Bonchev–Trinajstić information content (AvgIpc) is 0.766. The Hall–Kier alpha value is -7.86. The molecule has 624 valence electrons. The van der Waals surface area contributed by atoms with E-state index in [4.69, 9.17) is 28.4 Å². The molecule has 7 rings (SSSR count). The van der Waals surface area contributed by atoms with E-state index in [0.29, 0.717) is 34.5 Å². The summed E-state index contributed by atoms with van der Waals surface area (Å²) in [7, 11) is 0. The Bertz CT molecular complexity index is 3700. The van der Waals surface area contributed by atoms with Crippen molar-refractivity contribution in [3.63, 3.8) is 0 Å². The van der Waals surface area contributed by atoms with Crippen LogP contribution in [-0.2, 0) is 99.8 Å². The molecule has 114 heavy (non-hydrogen) atoms. The number of hydrogen-bond acceptors (Lipinski definition) is 12. The lowest BCUT2D eigenvalue weighted by molar-refractivity contribution is -0.129. The van der Waals surface area contributed by atoms with Gasteiger partial charge in [0, 0.05) is 71.0 Å². The van der Waals surface area contributed by atoms with E-state index in [2.05, 4.69) is 197 Å². The van der Waals surface area contributed by atoms with Crippen LogP contribution in [0.15, 0.2) is 72.8 Å². The normalized spacial score (nSPS) is 14.0. The van der Waals surface area contributed by atoms with E-state index in [1.165, 1.54) is 0 Å². The van der Waals surface area contributed by atoms with Crippen LogP contribution in [0.5, 0.6) is 34.5 Å². The lowest BCUT2D eigenvalue weighted by Crippen LogP contribution is -2.28. The minimum absolute atomic E-state index is 0.0955. The first-order valence-electron chi connectivity index (χ1n) is 41.5. The van der Waals surface area contributed by atoms with Crippen molar-refractivity contribution in [2.24, 2.45) is 32.5 Å². The van der Waals surface area contributed by atoms with Gasteiger partial charge in [-0.3, -0.25) is 28.8 Å². The number of rotatable bonds is 18. The number of ketones is 6. The zero-order valence-electron chi connectivity index (χ0n) is 77.3. The van der Waals surface area contributed by atoms with Crippen LogP contribution >= 0.6 is 0 Å². The molecule has 6 aromatic rings. The molecule has 0 radical (unpaired) electrons. The van der Waals surface area contributed by atoms with Crippen molar-refractivity contribution < 1.29 is 57.2 Å². The van der Waals surface area contributed by atoms with Gasteiger partial charge in [0.1, 0.15) is 74.1 Å². The van der Waals surface area contributed by atoms with E-state index < -0.39 is 65.0 Å². The molecule has 0 N–H and O–H groups in total. The number of benzene rings is 6. The van der Waals surface area contributed by atoms with Crippen LogP contribution in [0.25, 0.3) is 0 Å². The summed E-state index contributed by atoms with van der Waals surface area (Å²) in [6.07, 6.45) is 1.33. The fourth-order valence-corrected chi connectivity index (χ4v) is 13.2. The lowest BCUT2D eigenvalue weighted by atomic mass is 9.79. The Morgan fingerprint density at radius 1 is 0.184 bits per heavy atom. The van der Waals surface area contributed by atoms with E-state index in [-0.39, 0.29) is 113 Å². The third kappa shape index (κ3) is 24.2. The molecular formula is C102H144O12. The molecule has 0 amide bonds. The molecule has 1 aliphatic rings. The first-order chi connectivity index (χ1) is 51.5. The van der Waals surface area contributed by atoms with E-state index in [1.807, 2.05) is 125 Å². The first-order valence-corrected chi connectivity index (χ1v) is 41.5. The molecule has 12 bridgehead atoms. The monoisotopic (exact) mass is 1560 g/mol. The smallest absolute Gasteiger partial charge is 0.175 e. The Balaban J connectivity index is 1.86. The predicted molar refractivity (Wildman–Crippen MR) is 467 cm³/mol. The largest absolute Gasteiger partial charge is 0.485 e. The van der Waals surface area contributed by atoms with Gasteiger partial charge in [0.2, 0.25) is 0 Å². The van der Waals surface area contributed by atoms with E-state index in [9.17, 15) is 28.8 Å². The summed E-state index contributed by atoms with van der Waals surface area (Å²) >= 11 is 0. The van der Waals surface area contributed by atoms with Gasteiger partial charge in [-0.2, -0.15) is 0 Å². The summed E-state index contributed by atoms with van der Waals surface area (Å²) in [5, 5.41) is 0. The van der Waals surface area contributed by atoms with Crippen LogP contribution in [0.2, 0.25) is 0 Å². The molecule has 0 saturated carbocycles. The quantitative estimate of drug-likeness (QED) is 0.0802. The van der Waals surface area contributed by atoms with Gasteiger partial charge in [0.05, 0.1) is 0 Å². The predicted octanol–water partition coefficient (Wildman–Crippen LogP) is 23.3. The molecule has 0 heterocycles. The second kappa shape index (κ2) is 33.6.